The molecule has 0 spiro atoms. The van der Waals surface area contributed by atoms with Crippen LogP contribution in [0.15, 0.2) is 36.9 Å². The van der Waals surface area contributed by atoms with Crippen LogP contribution in [0.2, 0.25) is 0 Å². The van der Waals surface area contributed by atoms with Crippen molar-refractivity contribution in [3.05, 3.63) is 65.0 Å². The molecule has 2 N–H and O–H groups in total. The largest absolute Gasteiger partial charge is 0.368 e. The first-order valence-electron chi connectivity index (χ1n) is 8.88. The van der Waals surface area contributed by atoms with Crippen LogP contribution in [0.1, 0.15) is 32.9 Å². The Morgan fingerprint density at radius 1 is 1.04 bits per heavy atom. The van der Waals surface area contributed by atoms with Gasteiger partial charge in [-0.2, -0.15) is 0 Å². The van der Waals surface area contributed by atoms with E-state index < -0.39 is 0 Å². The van der Waals surface area contributed by atoms with Crippen LogP contribution in [0.4, 0.5) is 5.82 Å². The van der Waals surface area contributed by atoms with Crippen molar-refractivity contribution in [3.8, 4) is 5.82 Å². The molecule has 0 unspecified atom stereocenters. The van der Waals surface area contributed by atoms with Gasteiger partial charge < -0.3 is 10.6 Å². The van der Waals surface area contributed by atoms with Crippen LogP contribution in [-0.2, 0) is 0 Å². The van der Waals surface area contributed by atoms with E-state index in [2.05, 4.69) is 25.6 Å². The Morgan fingerprint density at radius 2 is 1.85 bits per heavy atom. The van der Waals surface area contributed by atoms with E-state index in [9.17, 15) is 4.79 Å². The minimum absolute atomic E-state index is 0.0674. The van der Waals surface area contributed by atoms with Crippen molar-refractivity contribution >= 4 is 11.7 Å². The predicted molar refractivity (Wildman–Crippen MR) is 105 cm³/mol. The normalized spacial score (nSPS) is 10.7. The van der Waals surface area contributed by atoms with Crippen LogP contribution in [0.3, 0.4) is 0 Å². The lowest BCUT2D eigenvalue weighted by molar-refractivity contribution is 0.0954. The van der Waals surface area contributed by atoms with Gasteiger partial charge in [0, 0.05) is 30.4 Å². The van der Waals surface area contributed by atoms with Gasteiger partial charge >= 0.3 is 0 Å². The van der Waals surface area contributed by atoms with E-state index in [4.69, 9.17) is 0 Å². The van der Waals surface area contributed by atoms with E-state index in [0.29, 0.717) is 24.5 Å². The third kappa shape index (κ3) is 4.31. The molecular formula is C20H24N6O. The zero-order valence-corrected chi connectivity index (χ0v) is 16.1. The molecule has 3 rings (SSSR count). The second-order valence-electron chi connectivity index (χ2n) is 6.55. The topological polar surface area (TPSA) is 84.7 Å². The standard InChI is InChI=1S/C20H24N6O/c1-13-5-6-17(14(2)9-13)20(27)22-8-7-21-18-10-19(24-11-23-18)26-12-25-15(3)16(26)4/h5-6,9-12H,7-8H2,1-4H3,(H,22,27)(H,21,23,24). The highest BCUT2D eigenvalue weighted by atomic mass is 16.1. The number of hydrogen-bond donors (Lipinski definition) is 2. The number of nitrogens with zero attached hydrogens (tertiary/aromatic N) is 4. The fraction of sp³-hybridized carbons (Fsp3) is 0.300. The summed E-state index contributed by atoms with van der Waals surface area (Å²) >= 11 is 0. The summed E-state index contributed by atoms with van der Waals surface area (Å²) in [6.45, 7) is 8.98. The van der Waals surface area contributed by atoms with Gasteiger partial charge in [-0.3, -0.25) is 9.36 Å². The Kier molecular flexibility index (Phi) is 5.49. The average Bonchev–Trinajstić information content (AvgIpc) is 2.98. The van der Waals surface area contributed by atoms with Crippen LogP contribution in [0.25, 0.3) is 5.82 Å². The highest BCUT2D eigenvalue weighted by Gasteiger charge is 2.09. The van der Waals surface area contributed by atoms with E-state index in [1.165, 1.54) is 6.33 Å². The molecule has 0 fully saturated rings. The number of imidazole rings is 1. The van der Waals surface area contributed by atoms with Crippen molar-refractivity contribution in [2.24, 2.45) is 0 Å². The van der Waals surface area contributed by atoms with Crippen molar-refractivity contribution in [1.29, 1.82) is 0 Å². The van der Waals surface area contributed by atoms with Crippen LogP contribution < -0.4 is 10.6 Å². The van der Waals surface area contributed by atoms with Gasteiger partial charge in [0.05, 0.1) is 5.69 Å². The van der Waals surface area contributed by atoms with E-state index >= 15 is 0 Å². The lowest BCUT2D eigenvalue weighted by atomic mass is 10.1. The highest BCUT2D eigenvalue weighted by molar-refractivity contribution is 5.95. The molecule has 1 amide bonds. The first kappa shape index (κ1) is 18.6. The number of carbonyl (C=O) groups excluding carboxylic acids is 1. The minimum atomic E-state index is -0.0674. The molecule has 0 aliphatic heterocycles. The first-order valence-corrected chi connectivity index (χ1v) is 8.88. The van der Waals surface area contributed by atoms with Gasteiger partial charge in [-0.05, 0) is 39.3 Å². The fourth-order valence-corrected chi connectivity index (χ4v) is 2.84. The van der Waals surface area contributed by atoms with Crippen molar-refractivity contribution in [1.82, 2.24) is 24.8 Å². The smallest absolute Gasteiger partial charge is 0.251 e. The Balaban J connectivity index is 1.56. The molecule has 0 radical (unpaired) electrons. The molecule has 0 saturated carbocycles. The second kappa shape index (κ2) is 7.99. The number of aromatic nitrogens is 4. The van der Waals surface area contributed by atoms with Crippen LogP contribution in [0.5, 0.6) is 0 Å². The van der Waals surface area contributed by atoms with Gasteiger partial charge in [0.2, 0.25) is 0 Å². The molecule has 140 valence electrons. The molecule has 0 atom stereocenters. The number of nitrogens with one attached hydrogen (secondary N) is 2. The number of aryl methyl sites for hydroxylation is 3. The second-order valence-corrected chi connectivity index (χ2v) is 6.55. The third-order valence-corrected chi connectivity index (χ3v) is 4.49. The maximum absolute atomic E-state index is 12.3. The predicted octanol–water partition coefficient (Wildman–Crippen LogP) is 2.74. The molecule has 0 aliphatic carbocycles. The van der Waals surface area contributed by atoms with Crippen molar-refractivity contribution in [3.63, 3.8) is 0 Å². The summed E-state index contributed by atoms with van der Waals surface area (Å²) in [4.78, 5) is 25.1. The molecule has 0 bridgehead atoms. The maximum atomic E-state index is 12.3. The number of rotatable bonds is 6. The summed E-state index contributed by atoms with van der Waals surface area (Å²) in [5.41, 5.74) is 4.84. The third-order valence-electron chi connectivity index (χ3n) is 4.49. The Bertz CT molecular complexity index is 963. The zero-order chi connectivity index (χ0) is 19.4. The maximum Gasteiger partial charge on any atom is 0.251 e. The molecule has 0 saturated heterocycles. The molecule has 2 heterocycles. The van der Waals surface area contributed by atoms with E-state index in [-0.39, 0.29) is 5.91 Å². The molecular weight excluding hydrogens is 340 g/mol. The molecule has 27 heavy (non-hydrogen) atoms. The Morgan fingerprint density at radius 3 is 2.56 bits per heavy atom. The SMILES string of the molecule is Cc1ccc(C(=O)NCCNc2cc(-n3cnc(C)c3C)ncn2)c(C)c1. The minimum Gasteiger partial charge on any atom is -0.368 e. The van der Waals surface area contributed by atoms with Gasteiger partial charge in [0.1, 0.15) is 24.3 Å². The van der Waals surface area contributed by atoms with Crippen LogP contribution >= 0.6 is 0 Å². The fourth-order valence-electron chi connectivity index (χ4n) is 2.84. The van der Waals surface area contributed by atoms with E-state index in [0.717, 1.165) is 28.3 Å². The summed E-state index contributed by atoms with van der Waals surface area (Å²) in [6, 6.07) is 7.68. The zero-order valence-electron chi connectivity index (χ0n) is 16.1. The van der Waals surface area contributed by atoms with E-state index in [1.54, 1.807) is 6.33 Å². The monoisotopic (exact) mass is 364 g/mol. The van der Waals surface area contributed by atoms with Crippen LogP contribution in [0, 0.1) is 27.7 Å². The number of anilines is 1. The number of amides is 1. The number of hydrogen-bond acceptors (Lipinski definition) is 5. The van der Waals surface area contributed by atoms with Gasteiger partial charge in [-0.25, -0.2) is 15.0 Å². The number of carbonyl (C=O) groups is 1. The molecule has 3 aromatic rings. The Hall–Kier alpha value is -3.22. The summed E-state index contributed by atoms with van der Waals surface area (Å²) in [5, 5.41) is 6.14. The number of benzene rings is 1. The molecule has 0 aliphatic rings. The molecule has 2 aromatic heterocycles. The summed E-state index contributed by atoms with van der Waals surface area (Å²) in [6.07, 6.45) is 3.27. The van der Waals surface area contributed by atoms with Gasteiger partial charge in [-0.1, -0.05) is 17.7 Å². The van der Waals surface area contributed by atoms with Crippen LogP contribution in [-0.4, -0.2) is 38.5 Å². The molecule has 1 aromatic carbocycles. The van der Waals surface area contributed by atoms with Crippen molar-refractivity contribution in [2.45, 2.75) is 27.7 Å². The summed E-state index contributed by atoms with van der Waals surface area (Å²) < 4.78 is 1.92. The first-order chi connectivity index (χ1) is 13.0. The van der Waals surface area contributed by atoms with Crippen molar-refractivity contribution < 1.29 is 4.79 Å². The average molecular weight is 364 g/mol. The molecule has 7 nitrogen and oxygen atoms in total. The summed E-state index contributed by atoms with van der Waals surface area (Å²) in [5.74, 6) is 1.39. The van der Waals surface area contributed by atoms with E-state index in [1.807, 2.05) is 56.5 Å². The van der Waals surface area contributed by atoms with Gasteiger partial charge in [0.25, 0.3) is 5.91 Å². The Labute approximate surface area is 158 Å². The highest BCUT2D eigenvalue weighted by Crippen LogP contribution is 2.13. The lowest BCUT2D eigenvalue weighted by Crippen LogP contribution is -2.29. The molecule has 7 heteroatoms. The lowest BCUT2D eigenvalue weighted by Gasteiger charge is -2.10. The van der Waals surface area contributed by atoms with Gasteiger partial charge in [-0.15, -0.1) is 0 Å². The van der Waals surface area contributed by atoms with Gasteiger partial charge in [0.15, 0.2) is 0 Å². The van der Waals surface area contributed by atoms with Crippen molar-refractivity contribution in [2.75, 3.05) is 18.4 Å². The summed E-state index contributed by atoms with van der Waals surface area (Å²) in [7, 11) is 0. The quantitative estimate of drug-likeness (QED) is 0.657.